The van der Waals surface area contributed by atoms with Gasteiger partial charge < -0.3 is 25.6 Å². The van der Waals surface area contributed by atoms with E-state index >= 15 is 0 Å². The van der Waals surface area contributed by atoms with Crippen molar-refractivity contribution in [3.63, 3.8) is 0 Å². The van der Waals surface area contributed by atoms with Gasteiger partial charge in [0.15, 0.2) is 5.11 Å². The van der Waals surface area contributed by atoms with Crippen LogP contribution >= 0.6 is 12.2 Å². The highest BCUT2D eigenvalue weighted by Gasteiger charge is 2.34. The average molecular weight is 495 g/mol. The van der Waals surface area contributed by atoms with Gasteiger partial charge in [-0.3, -0.25) is 0 Å². The summed E-state index contributed by atoms with van der Waals surface area (Å²) in [6.07, 6.45) is 0. The Morgan fingerprint density at radius 1 is 1.09 bits per heavy atom. The van der Waals surface area contributed by atoms with E-state index in [1.165, 1.54) is 0 Å². The number of allylic oxidation sites excluding steroid dienone is 1. The van der Waals surface area contributed by atoms with Crippen LogP contribution in [0.5, 0.6) is 0 Å². The summed E-state index contributed by atoms with van der Waals surface area (Å²) >= 11 is 5.55. The molecule has 2 aromatic rings. The molecule has 0 spiro atoms. The minimum Gasteiger partial charge on any atom is -0.462 e. The number of rotatable bonds is 7. The summed E-state index contributed by atoms with van der Waals surface area (Å²) in [7, 11) is 0. The van der Waals surface area contributed by atoms with Crippen molar-refractivity contribution in [1.29, 1.82) is 0 Å². The van der Waals surface area contributed by atoms with Crippen LogP contribution < -0.4 is 16.0 Å². The number of nitrogens with one attached hydrogen (secondary N) is 3. The van der Waals surface area contributed by atoms with Gasteiger partial charge in [0.25, 0.3) is 0 Å². The number of benzene rings is 2. The van der Waals surface area contributed by atoms with E-state index in [1.807, 2.05) is 76.8 Å². The number of hydrogen-bond donors (Lipinski definition) is 3. The van der Waals surface area contributed by atoms with Crippen molar-refractivity contribution in [3.8, 4) is 0 Å². The molecule has 2 amide bonds. The SMILES string of the molecule is CCN1C(=S)N[C@H](c2ccc(NC(=O)Nc3cccc(C)c3C)cc2)C(C(=O)OCC(C)C)=C1C. The molecule has 8 heteroatoms. The molecule has 3 rings (SSSR count). The Hall–Kier alpha value is -3.39. The van der Waals surface area contributed by atoms with Crippen molar-refractivity contribution < 1.29 is 14.3 Å². The maximum absolute atomic E-state index is 13.0. The van der Waals surface area contributed by atoms with Gasteiger partial charge in [0.1, 0.15) is 0 Å². The van der Waals surface area contributed by atoms with Gasteiger partial charge in [-0.05, 0) is 80.7 Å². The maximum Gasteiger partial charge on any atom is 0.338 e. The summed E-state index contributed by atoms with van der Waals surface area (Å²) in [5.41, 5.74) is 5.70. The van der Waals surface area contributed by atoms with E-state index in [1.54, 1.807) is 12.1 Å². The fourth-order valence-corrected chi connectivity index (χ4v) is 4.31. The van der Waals surface area contributed by atoms with E-state index in [9.17, 15) is 9.59 Å². The molecule has 0 aliphatic carbocycles. The van der Waals surface area contributed by atoms with Gasteiger partial charge >= 0.3 is 12.0 Å². The molecule has 0 unspecified atom stereocenters. The fourth-order valence-electron chi connectivity index (χ4n) is 3.93. The highest BCUT2D eigenvalue weighted by atomic mass is 32.1. The highest BCUT2D eigenvalue weighted by molar-refractivity contribution is 7.80. The molecule has 3 N–H and O–H groups in total. The molecule has 0 aromatic heterocycles. The molecule has 186 valence electrons. The smallest absolute Gasteiger partial charge is 0.338 e. The summed E-state index contributed by atoms with van der Waals surface area (Å²) in [5.74, 6) is -0.122. The molecule has 1 aliphatic rings. The Balaban J connectivity index is 1.79. The fraction of sp³-hybridized carbons (Fsp3) is 0.370. The van der Waals surface area contributed by atoms with Crippen molar-refractivity contribution in [2.45, 2.75) is 47.6 Å². The normalized spacial score (nSPS) is 15.7. The number of urea groups is 1. The van der Waals surface area contributed by atoms with Crippen LogP contribution in [0.1, 0.15) is 50.4 Å². The lowest BCUT2D eigenvalue weighted by atomic mass is 9.95. The van der Waals surface area contributed by atoms with Gasteiger partial charge in [0.2, 0.25) is 0 Å². The number of esters is 1. The van der Waals surface area contributed by atoms with E-state index in [4.69, 9.17) is 17.0 Å². The van der Waals surface area contributed by atoms with Crippen LogP contribution in [0, 0.1) is 19.8 Å². The number of ether oxygens (including phenoxy) is 1. The number of nitrogens with zero attached hydrogens (tertiary/aromatic N) is 1. The lowest BCUT2D eigenvalue weighted by molar-refractivity contribution is -0.140. The van der Waals surface area contributed by atoms with E-state index < -0.39 is 6.04 Å². The Morgan fingerprint density at radius 2 is 1.77 bits per heavy atom. The molecule has 1 atom stereocenters. The van der Waals surface area contributed by atoms with Crippen molar-refractivity contribution >= 4 is 40.7 Å². The predicted octanol–water partition coefficient (Wildman–Crippen LogP) is 5.67. The second-order valence-electron chi connectivity index (χ2n) is 9.07. The zero-order valence-corrected chi connectivity index (χ0v) is 22.0. The summed E-state index contributed by atoms with van der Waals surface area (Å²) in [5, 5.41) is 9.60. The maximum atomic E-state index is 13.0. The molecule has 35 heavy (non-hydrogen) atoms. The number of anilines is 2. The summed E-state index contributed by atoms with van der Waals surface area (Å²) < 4.78 is 5.57. The number of carbonyl (C=O) groups excluding carboxylic acids is 2. The molecule has 0 saturated carbocycles. The van der Waals surface area contributed by atoms with Crippen molar-refractivity contribution in [1.82, 2.24) is 10.2 Å². The first-order valence-electron chi connectivity index (χ1n) is 11.8. The molecule has 1 aliphatic heterocycles. The standard InChI is InChI=1S/C27H34N4O3S/c1-7-31-19(6)23(25(32)34-15-16(2)3)24(30-27(31)35)20-11-13-21(14-12-20)28-26(33)29-22-10-8-9-17(4)18(22)5/h8-14,16,24H,7,15H2,1-6H3,(H,30,35)(H2,28,29,33)/t24-/m1/s1. The third kappa shape index (κ3) is 6.19. The van der Waals surface area contributed by atoms with E-state index in [0.29, 0.717) is 29.5 Å². The van der Waals surface area contributed by atoms with E-state index in [0.717, 1.165) is 28.1 Å². The van der Waals surface area contributed by atoms with Crippen LogP contribution in [0.15, 0.2) is 53.7 Å². The van der Waals surface area contributed by atoms with Gasteiger partial charge in [-0.15, -0.1) is 0 Å². The lowest BCUT2D eigenvalue weighted by Crippen LogP contribution is -2.47. The number of carbonyl (C=O) groups is 2. The number of hydrogen-bond acceptors (Lipinski definition) is 4. The Kier molecular flexibility index (Phi) is 8.51. The predicted molar refractivity (Wildman–Crippen MR) is 144 cm³/mol. The van der Waals surface area contributed by atoms with Crippen LogP contribution in [0.2, 0.25) is 0 Å². The van der Waals surface area contributed by atoms with Crippen molar-refractivity contribution in [3.05, 3.63) is 70.4 Å². The molecule has 7 nitrogen and oxygen atoms in total. The number of amides is 2. The average Bonchev–Trinajstić information content (AvgIpc) is 2.81. The van der Waals surface area contributed by atoms with Crippen LogP contribution in [0.25, 0.3) is 0 Å². The molecular formula is C27H34N4O3S. The van der Waals surface area contributed by atoms with Gasteiger partial charge in [-0.1, -0.05) is 38.1 Å². The first-order chi connectivity index (χ1) is 16.6. The monoisotopic (exact) mass is 494 g/mol. The van der Waals surface area contributed by atoms with Gasteiger partial charge in [0.05, 0.1) is 18.2 Å². The third-order valence-electron chi connectivity index (χ3n) is 6.03. The first kappa shape index (κ1) is 26.2. The van der Waals surface area contributed by atoms with Crippen molar-refractivity contribution in [2.24, 2.45) is 5.92 Å². The Bertz CT molecular complexity index is 1140. The van der Waals surface area contributed by atoms with E-state index in [-0.39, 0.29) is 17.9 Å². The minimum absolute atomic E-state index is 0.235. The number of aryl methyl sites for hydroxylation is 1. The quantitative estimate of drug-likeness (QED) is 0.340. The van der Waals surface area contributed by atoms with Gasteiger partial charge in [-0.2, -0.15) is 0 Å². The van der Waals surface area contributed by atoms with E-state index in [2.05, 4.69) is 16.0 Å². The topological polar surface area (TPSA) is 82.7 Å². The molecular weight excluding hydrogens is 460 g/mol. The first-order valence-corrected chi connectivity index (χ1v) is 12.2. The van der Waals surface area contributed by atoms with Crippen LogP contribution in [0.3, 0.4) is 0 Å². The zero-order valence-electron chi connectivity index (χ0n) is 21.2. The molecule has 0 bridgehead atoms. The van der Waals surface area contributed by atoms with Gasteiger partial charge in [0, 0.05) is 23.6 Å². The third-order valence-corrected chi connectivity index (χ3v) is 6.37. The molecule has 1 heterocycles. The second kappa shape index (κ2) is 11.4. The van der Waals surface area contributed by atoms with Crippen LogP contribution in [0.4, 0.5) is 16.2 Å². The molecule has 0 radical (unpaired) electrons. The summed E-state index contributed by atoms with van der Waals surface area (Å²) in [6, 6.07) is 12.4. The molecule has 2 aromatic carbocycles. The zero-order chi connectivity index (χ0) is 25.7. The molecule has 0 fully saturated rings. The summed E-state index contributed by atoms with van der Waals surface area (Å²) in [4.78, 5) is 27.5. The second-order valence-corrected chi connectivity index (χ2v) is 9.45. The molecule has 0 saturated heterocycles. The number of thiocarbonyl (C=S) groups is 1. The Morgan fingerprint density at radius 3 is 2.40 bits per heavy atom. The van der Waals surface area contributed by atoms with Crippen LogP contribution in [-0.4, -0.2) is 35.2 Å². The van der Waals surface area contributed by atoms with Gasteiger partial charge in [-0.25, -0.2) is 9.59 Å². The lowest BCUT2D eigenvalue weighted by Gasteiger charge is -2.37. The largest absolute Gasteiger partial charge is 0.462 e. The van der Waals surface area contributed by atoms with Crippen molar-refractivity contribution in [2.75, 3.05) is 23.8 Å². The minimum atomic E-state index is -0.442. The van der Waals surface area contributed by atoms with Crippen LogP contribution in [-0.2, 0) is 9.53 Å². The summed E-state index contributed by atoms with van der Waals surface area (Å²) in [6.45, 7) is 12.8. The Labute approximate surface area is 212 Å². The highest BCUT2D eigenvalue weighted by Crippen LogP contribution is 2.32.